The molecule has 0 unspecified atom stereocenters. The lowest BCUT2D eigenvalue weighted by molar-refractivity contribution is 0.0526. The van der Waals surface area contributed by atoms with E-state index in [1.807, 2.05) is 36.4 Å². The van der Waals surface area contributed by atoms with Gasteiger partial charge in [-0.25, -0.2) is 4.79 Å². The predicted octanol–water partition coefficient (Wildman–Crippen LogP) is 3.66. The lowest BCUT2D eigenvalue weighted by atomic mass is 10.0. The Kier molecular flexibility index (Phi) is 3.24. The number of carbonyl (C=O) groups excluding carboxylic acids is 1. The first-order valence-corrected chi connectivity index (χ1v) is 5.58. The molecule has 0 atom stereocenters. The summed E-state index contributed by atoms with van der Waals surface area (Å²) in [5.41, 5.74) is 1.38. The molecule has 2 aromatic rings. The van der Waals surface area contributed by atoms with Crippen molar-refractivity contribution in [3.05, 3.63) is 54.1 Å². The van der Waals surface area contributed by atoms with Crippen LogP contribution in [0.4, 0.5) is 0 Å². The van der Waals surface area contributed by atoms with Gasteiger partial charge in [0.2, 0.25) is 0 Å². The van der Waals surface area contributed by atoms with E-state index in [-0.39, 0.29) is 5.97 Å². The quantitative estimate of drug-likeness (QED) is 0.746. The van der Waals surface area contributed by atoms with Crippen LogP contribution in [0.5, 0.6) is 0 Å². The van der Waals surface area contributed by atoms with Crippen molar-refractivity contribution < 1.29 is 9.53 Å². The molecule has 2 aromatic carbocycles. The highest BCUT2D eigenvalue weighted by molar-refractivity contribution is 5.99. The number of carbonyl (C=O) groups is 1. The molecule has 2 rings (SSSR count). The SMILES string of the molecule is C=Cc1cc2ccccc2cc1C(=O)OCC. The molecule has 0 N–H and O–H groups in total. The first-order valence-electron chi connectivity index (χ1n) is 5.58. The smallest absolute Gasteiger partial charge is 0.338 e. The molecule has 0 heterocycles. The maximum Gasteiger partial charge on any atom is 0.338 e. The van der Waals surface area contributed by atoms with Crippen LogP contribution in [0, 0.1) is 0 Å². The Balaban J connectivity index is 2.60. The third kappa shape index (κ3) is 2.21. The number of benzene rings is 2. The standard InChI is InChI=1S/C15H14O2/c1-3-11-9-12-7-5-6-8-13(12)10-14(11)15(16)17-4-2/h3,5-10H,1,4H2,2H3. The van der Waals surface area contributed by atoms with Crippen LogP contribution in [0.15, 0.2) is 43.0 Å². The van der Waals surface area contributed by atoms with Crippen molar-refractivity contribution in [2.24, 2.45) is 0 Å². The van der Waals surface area contributed by atoms with Gasteiger partial charge in [-0.3, -0.25) is 0 Å². The molecule has 0 aliphatic heterocycles. The van der Waals surface area contributed by atoms with E-state index in [0.29, 0.717) is 12.2 Å². The Bertz CT molecular complexity index is 570. The predicted molar refractivity (Wildman–Crippen MR) is 70.0 cm³/mol. The van der Waals surface area contributed by atoms with Gasteiger partial charge in [-0.05, 0) is 35.4 Å². The van der Waals surface area contributed by atoms with Crippen molar-refractivity contribution in [2.45, 2.75) is 6.92 Å². The van der Waals surface area contributed by atoms with E-state index in [0.717, 1.165) is 16.3 Å². The zero-order chi connectivity index (χ0) is 12.3. The van der Waals surface area contributed by atoms with E-state index in [2.05, 4.69) is 6.58 Å². The van der Waals surface area contributed by atoms with Gasteiger partial charge in [0.15, 0.2) is 0 Å². The second-order valence-corrected chi connectivity index (χ2v) is 3.71. The monoisotopic (exact) mass is 226 g/mol. The molecule has 0 saturated carbocycles. The molecule has 0 saturated heterocycles. The molecule has 0 spiro atoms. The van der Waals surface area contributed by atoms with Gasteiger partial charge in [0.05, 0.1) is 12.2 Å². The van der Waals surface area contributed by atoms with Crippen LogP contribution in [0.1, 0.15) is 22.8 Å². The van der Waals surface area contributed by atoms with Crippen LogP contribution in [-0.2, 0) is 4.74 Å². The van der Waals surface area contributed by atoms with E-state index in [9.17, 15) is 4.79 Å². The minimum Gasteiger partial charge on any atom is -0.462 e. The Morgan fingerprint density at radius 3 is 2.53 bits per heavy atom. The molecular weight excluding hydrogens is 212 g/mol. The maximum atomic E-state index is 11.8. The number of hydrogen-bond acceptors (Lipinski definition) is 2. The summed E-state index contributed by atoms with van der Waals surface area (Å²) < 4.78 is 5.03. The fourth-order valence-electron chi connectivity index (χ4n) is 1.81. The molecule has 0 radical (unpaired) electrons. The van der Waals surface area contributed by atoms with Gasteiger partial charge < -0.3 is 4.74 Å². The highest BCUT2D eigenvalue weighted by Crippen LogP contribution is 2.21. The normalized spacial score (nSPS) is 10.2. The van der Waals surface area contributed by atoms with E-state index in [1.54, 1.807) is 13.0 Å². The van der Waals surface area contributed by atoms with Crippen molar-refractivity contribution in [2.75, 3.05) is 6.61 Å². The van der Waals surface area contributed by atoms with Crippen LogP contribution in [0.3, 0.4) is 0 Å². The van der Waals surface area contributed by atoms with Gasteiger partial charge in [0, 0.05) is 0 Å². The summed E-state index contributed by atoms with van der Waals surface area (Å²) in [6, 6.07) is 11.7. The van der Waals surface area contributed by atoms with Crippen molar-refractivity contribution in [3.63, 3.8) is 0 Å². The van der Waals surface area contributed by atoms with E-state index < -0.39 is 0 Å². The minimum absolute atomic E-state index is 0.298. The van der Waals surface area contributed by atoms with E-state index in [4.69, 9.17) is 4.74 Å². The first kappa shape index (κ1) is 11.4. The second kappa shape index (κ2) is 4.83. The van der Waals surface area contributed by atoms with E-state index in [1.165, 1.54) is 0 Å². The molecule has 2 heteroatoms. The van der Waals surface area contributed by atoms with Crippen molar-refractivity contribution in [1.29, 1.82) is 0 Å². The zero-order valence-electron chi connectivity index (χ0n) is 9.77. The summed E-state index contributed by atoms with van der Waals surface area (Å²) in [6.45, 7) is 5.91. The maximum absolute atomic E-state index is 11.8. The molecule has 0 aliphatic carbocycles. The Morgan fingerprint density at radius 2 is 1.94 bits per heavy atom. The second-order valence-electron chi connectivity index (χ2n) is 3.71. The van der Waals surface area contributed by atoms with Gasteiger partial charge in [-0.2, -0.15) is 0 Å². The van der Waals surface area contributed by atoms with Crippen LogP contribution in [0.25, 0.3) is 16.8 Å². The largest absolute Gasteiger partial charge is 0.462 e. The fraction of sp³-hybridized carbons (Fsp3) is 0.133. The lowest BCUT2D eigenvalue weighted by Gasteiger charge is -2.07. The fourth-order valence-corrected chi connectivity index (χ4v) is 1.81. The third-order valence-electron chi connectivity index (χ3n) is 2.63. The minimum atomic E-state index is -0.298. The van der Waals surface area contributed by atoms with Gasteiger partial charge in [0.1, 0.15) is 0 Å². The van der Waals surface area contributed by atoms with Gasteiger partial charge in [0.25, 0.3) is 0 Å². The average Bonchev–Trinajstić information content (AvgIpc) is 2.37. The molecule has 86 valence electrons. The summed E-state index contributed by atoms with van der Waals surface area (Å²) in [7, 11) is 0. The molecule has 0 fully saturated rings. The van der Waals surface area contributed by atoms with E-state index >= 15 is 0 Å². The van der Waals surface area contributed by atoms with Crippen molar-refractivity contribution in [1.82, 2.24) is 0 Å². The van der Waals surface area contributed by atoms with Crippen LogP contribution >= 0.6 is 0 Å². The third-order valence-corrected chi connectivity index (χ3v) is 2.63. The first-order chi connectivity index (χ1) is 8.26. The highest BCUT2D eigenvalue weighted by atomic mass is 16.5. The summed E-state index contributed by atoms with van der Waals surface area (Å²) in [4.78, 5) is 11.8. The molecule has 2 nitrogen and oxygen atoms in total. The van der Waals surface area contributed by atoms with Crippen molar-refractivity contribution >= 4 is 22.8 Å². The van der Waals surface area contributed by atoms with Crippen LogP contribution < -0.4 is 0 Å². The molecule has 17 heavy (non-hydrogen) atoms. The molecule has 0 amide bonds. The number of ether oxygens (including phenoxy) is 1. The molecule has 0 bridgehead atoms. The summed E-state index contributed by atoms with van der Waals surface area (Å²) in [5.74, 6) is -0.298. The number of rotatable bonds is 3. The van der Waals surface area contributed by atoms with Crippen LogP contribution in [-0.4, -0.2) is 12.6 Å². The van der Waals surface area contributed by atoms with Gasteiger partial charge in [-0.1, -0.05) is 36.9 Å². The number of esters is 1. The van der Waals surface area contributed by atoms with Crippen LogP contribution in [0.2, 0.25) is 0 Å². The Hall–Kier alpha value is -2.09. The van der Waals surface area contributed by atoms with Crippen molar-refractivity contribution in [3.8, 4) is 0 Å². The zero-order valence-corrected chi connectivity index (χ0v) is 9.77. The molecule has 0 aliphatic rings. The van der Waals surface area contributed by atoms with Gasteiger partial charge >= 0.3 is 5.97 Å². The number of fused-ring (bicyclic) bond motifs is 1. The number of hydrogen-bond donors (Lipinski definition) is 0. The summed E-state index contributed by atoms with van der Waals surface area (Å²) in [6.07, 6.45) is 1.68. The Labute approximate surface area is 101 Å². The highest BCUT2D eigenvalue weighted by Gasteiger charge is 2.11. The Morgan fingerprint density at radius 1 is 1.29 bits per heavy atom. The summed E-state index contributed by atoms with van der Waals surface area (Å²) >= 11 is 0. The molecule has 0 aromatic heterocycles. The average molecular weight is 226 g/mol. The molecular formula is C15H14O2. The lowest BCUT2D eigenvalue weighted by Crippen LogP contribution is -2.06. The summed E-state index contributed by atoms with van der Waals surface area (Å²) in [5, 5.41) is 2.12. The van der Waals surface area contributed by atoms with Gasteiger partial charge in [-0.15, -0.1) is 0 Å². The topological polar surface area (TPSA) is 26.3 Å².